The highest BCUT2D eigenvalue weighted by atomic mass is 16.5. The van der Waals surface area contributed by atoms with Crippen molar-refractivity contribution in [2.45, 2.75) is 46.6 Å². The maximum absolute atomic E-state index is 11.8. The van der Waals surface area contributed by atoms with Crippen LogP contribution in [0.5, 0.6) is 0 Å². The van der Waals surface area contributed by atoms with Crippen molar-refractivity contribution in [2.24, 2.45) is 16.7 Å². The third-order valence-corrected chi connectivity index (χ3v) is 5.23. The van der Waals surface area contributed by atoms with E-state index >= 15 is 0 Å². The van der Waals surface area contributed by atoms with E-state index in [9.17, 15) is 9.59 Å². The van der Waals surface area contributed by atoms with Gasteiger partial charge in [0.1, 0.15) is 6.04 Å². The van der Waals surface area contributed by atoms with Crippen molar-refractivity contribution in [2.75, 3.05) is 20.3 Å². The third-order valence-electron chi connectivity index (χ3n) is 5.23. The molecule has 0 aromatic heterocycles. The first-order chi connectivity index (χ1) is 9.64. The topological polar surface area (TPSA) is 87.7 Å². The fourth-order valence-electron chi connectivity index (χ4n) is 2.94. The Morgan fingerprint density at radius 2 is 1.81 bits per heavy atom. The molecule has 0 bridgehead atoms. The molecule has 21 heavy (non-hydrogen) atoms. The fraction of sp³-hybridized carbons (Fsp3) is 0.867. The van der Waals surface area contributed by atoms with Gasteiger partial charge in [0.15, 0.2) is 0 Å². The molecule has 0 aromatic carbocycles. The molecule has 122 valence electrons. The molecule has 1 saturated carbocycles. The molecule has 0 saturated heterocycles. The second-order valence-corrected chi connectivity index (χ2v) is 6.88. The normalized spacial score (nSPS) is 20.6. The van der Waals surface area contributed by atoms with Crippen molar-refractivity contribution in [1.29, 1.82) is 0 Å². The number of ether oxygens (including phenoxy) is 1. The molecule has 1 atom stereocenters. The SMILES string of the molecule is COCCCC(NC(=O)NCC1C(C)(C)C1(C)C)C(=O)O. The summed E-state index contributed by atoms with van der Waals surface area (Å²) in [7, 11) is 1.56. The van der Waals surface area contributed by atoms with Crippen molar-refractivity contribution >= 4 is 12.0 Å². The zero-order valence-electron chi connectivity index (χ0n) is 13.7. The van der Waals surface area contributed by atoms with Crippen molar-refractivity contribution in [1.82, 2.24) is 10.6 Å². The lowest BCUT2D eigenvalue weighted by Crippen LogP contribution is -2.46. The fourth-order valence-corrected chi connectivity index (χ4v) is 2.94. The van der Waals surface area contributed by atoms with Crippen LogP contribution in [0.15, 0.2) is 0 Å². The van der Waals surface area contributed by atoms with Crippen LogP contribution in [0, 0.1) is 16.7 Å². The highest BCUT2D eigenvalue weighted by molar-refractivity contribution is 5.82. The molecule has 0 heterocycles. The Balaban J connectivity index is 2.36. The number of urea groups is 1. The predicted octanol–water partition coefficient (Wildman–Crippen LogP) is 1.85. The first kappa shape index (κ1) is 17.8. The van der Waals surface area contributed by atoms with Crippen LogP contribution in [0.25, 0.3) is 0 Å². The number of carboxylic acids is 1. The third kappa shape index (κ3) is 4.09. The van der Waals surface area contributed by atoms with Crippen LogP contribution in [0.1, 0.15) is 40.5 Å². The standard InChI is InChI=1S/C15H28N2O4/c1-14(2)11(15(14,3)4)9-16-13(20)17-10(12(18)19)7-6-8-21-5/h10-11H,6-9H2,1-5H3,(H,18,19)(H2,16,17,20). The van der Waals surface area contributed by atoms with E-state index in [1.165, 1.54) is 0 Å². The maximum atomic E-state index is 11.8. The van der Waals surface area contributed by atoms with Gasteiger partial charge in [-0.2, -0.15) is 0 Å². The first-order valence-corrected chi connectivity index (χ1v) is 7.40. The van der Waals surface area contributed by atoms with Crippen molar-refractivity contribution in [3.63, 3.8) is 0 Å². The average Bonchev–Trinajstić information content (AvgIpc) is 2.76. The summed E-state index contributed by atoms with van der Waals surface area (Å²) in [6.45, 7) is 9.78. The average molecular weight is 300 g/mol. The summed E-state index contributed by atoms with van der Waals surface area (Å²) in [5.74, 6) is -0.610. The van der Waals surface area contributed by atoms with Crippen molar-refractivity contribution in [3.8, 4) is 0 Å². The minimum atomic E-state index is -1.02. The molecule has 0 spiro atoms. The summed E-state index contributed by atoms with van der Waals surface area (Å²) in [6.07, 6.45) is 0.952. The van der Waals surface area contributed by atoms with Gasteiger partial charge in [0.25, 0.3) is 0 Å². The molecule has 2 amide bonds. The van der Waals surface area contributed by atoms with E-state index in [1.54, 1.807) is 7.11 Å². The van der Waals surface area contributed by atoms with E-state index in [-0.39, 0.29) is 10.8 Å². The van der Waals surface area contributed by atoms with E-state index in [0.717, 1.165) is 0 Å². The quantitative estimate of drug-likeness (QED) is 0.597. The van der Waals surface area contributed by atoms with Crippen LogP contribution in [0.4, 0.5) is 4.79 Å². The summed E-state index contributed by atoms with van der Waals surface area (Å²) in [6, 6.07) is -1.29. The molecule has 0 aliphatic heterocycles. The molecule has 1 fully saturated rings. The summed E-state index contributed by atoms with van der Waals surface area (Å²) in [5.41, 5.74) is 0.399. The van der Waals surface area contributed by atoms with Crippen LogP contribution < -0.4 is 10.6 Å². The Morgan fingerprint density at radius 1 is 1.24 bits per heavy atom. The minimum Gasteiger partial charge on any atom is -0.480 e. The number of rotatable bonds is 8. The summed E-state index contributed by atoms with van der Waals surface area (Å²) >= 11 is 0. The smallest absolute Gasteiger partial charge is 0.326 e. The number of carbonyl (C=O) groups excluding carboxylic acids is 1. The summed E-state index contributed by atoms with van der Waals surface area (Å²) in [5, 5.41) is 14.4. The second-order valence-electron chi connectivity index (χ2n) is 6.88. The van der Waals surface area contributed by atoms with Gasteiger partial charge in [0, 0.05) is 20.3 Å². The van der Waals surface area contributed by atoms with Gasteiger partial charge in [-0.3, -0.25) is 0 Å². The largest absolute Gasteiger partial charge is 0.480 e. The van der Waals surface area contributed by atoms with Gasteiger partial charge in [-0.15, -0.1) is 0 Å². The predicted molar refractivity (Wildman–Crippen MR) is 80.1 cm³/mol. The highest BCUT2D eigenvalue weighted by Gasteiger charge is 2.64. The van der Waals surface area contributed by atoms with Crippen LogP contribution >= 0.6 is 0 Å². The number of methoxy groups -OCH3 is 1. The van der Waals surface area contributed by atoms with Crippen LogP contribution in [0.2, 0.25) is 0 Å². The molecule has 3 N–H and O–H groups in total. The Morgan fingerprint density at radius 3 is 2.24 bits per heavy atom. The lowest BCUT2D eigenvalue weighted by atomic mass is 10.0. The molecule has 1 aliphatic carbocycles. The van der Waals surface area contributed by atoms with E-state index in [4.69, 9.17) is 9.84 Å². The van der Waals surface area contributed by atoms with Crippen LogP contribution in [-0.2, 0) is 9.53 Å². The molecular weight excluding hydrogens is 272 g/mol. The van der Waals surface area contributed by atoms with E-state index in [1.807, 2.05) is 0 Å². The molecular formula is C15H28N2O4. The number of hydrogen-bond donors (Lipinski definition) is 3. The molecule has 1 aliphatic rings. The summed E-state index contributed by atoms with van der Waals surface area (Å²) in [4.78, 5) is 22.9. The van der Waals surface area contributed by atoms with Gasteiger partial charge in [-0.1, -0.05) is 27.7 Å². The number of aliphatic carboxylic acids is 1. The highest BCUT2D eigenvalue weighted by Crippen LogP contribution is 2.67. The van der Waals surface area contributed by atoms with E-state index < -0.39 is 18.0 Å². The van der Waals surface area contributed by atoms with E-state index in [0.29, 0.717) is 31.9 Å². The zero-order chi connectivity index (χ0) is 16.3. The monoisotopic (exact) mass is 300 g/mol. The lowest BCUT2D eigenvalue weighted by Gasteiger charge is -2.15. The van der Waals surface area contributed by atoms with Gasteiger partial charge >= 0.3 is 12.0 Å². The van der Waals surface area contributed by atoms with Gasteiger partial charge < -0.3 is 20.5 Å². The Bertz CT molecular complexity index is 379. The van der Waals surface area contributed by atoms with Gasteiger partial charge in [-0.05, 0) is 29.6 Å². The molecule has 6 heteroatoms. The molecule has 0 aromatic rings. The number of carbonyl (C=O) groups is 2. The number of hydrogen-bond acceptors (Lipinski definition) is 3. The van der Waals surface area contributed by atoms with Gasteiger partial charge in [0.05, 0.1) is 0 Å². The maximum Gasteiger partial charge on any atom is 0.326 e. The van der Waals surface area contributed by atoms with Crippen molar-refractivity contribution in [3.05, 3.63) is 0 Å². The Kier molecular flexibility index (Phi) is 5.61. The molecule has 0 radical (unpaired) electrons. The van der Waals surface area contributed by atoms with E-state index in [2.05, 4.69) is 38.3 Å². The second kappa shape index (κ2) is 6.64. The summed E-state index contributed by atoms with van der Waals surface area (Å²) < 4.78 is 4.89. The number of nitrogens with one attached hydrogen (secondary N) is 2. The molecule has 6 nitrogen and oxygen atoms in total. The van der Waals surface area contributed by atoms with Crippen LogP contribution in [0.3, 0.4) is 0 Å². The zero-order valence-corrected chi connectivity index (χ0v) is 13.7. The van der Waals surface area contributed by atoms with Crippen LogP contribution in [-0.4, -0.2) is 43.4 Å². The molecule has 1 unspecified atom stereocenters. The van der Waals surface area contributed by atoms with Gasteiger partial charge in [-0.25, -0.2) is 9.59 Å². The molecule has 1 rings (SSSR count). The Labute approximate surface area is 126 Å². The number of carboxylic acid groups (broad SMARTS) is 1. The first-order valence-electron chi connectivity index (χ1n) is 7.40. The number of amides is 2. The van der Waals surface area contributed by atoms with Gasteiger partial charge in [0.2, 0.25) is 0 Å². The minimum absolute atomic E-state index is 0.199. The van der Waals surface area contributed by atoms with Crippen molar-refractivity contribution < 1.29 is 19.4 Å². The Hall–Kier alpha value is -1.30. The lowest BCUT2D eigenvalue weighted by molar-refractivity contribution is -0.139.